The fourth-order valence-corrected chi connectivity index (χ4v) is 2.87. The zero-order valence-electron chi connectivity index (χ0n) is 13.8. The van der Waals surface area contributed by atoms with Gasteiger partial charge in [0.25, 0.3) is 5.91 Å². The van der Waals surface area contributed by atoms with Gasteiger partial charge in [-0.05, 0) is 36.4 Å². The van der Waals surface area contributed by atoms with E-state index in [2.05, 4.69) is 5.32 Å². The minimum absolute atomic E-state index is 0.131. The number of hydrogen-bond donors (Lipinski definition) is 1. The summed E-state index contributed by atoms with van der Waals surface area (Å²) in [5, 5.41) is 2.60. The molecule has 0 fully saturated rings. The number of ether oxygens (including phenoxy) is 1. The van der Waals surface area contributed by atoms with Crippen molar-refractivity contribution in [2.24, 2.45) is 0 Å². The van der Waals surface area contributed by atoms with Crippen LogP contribution in [0.3, 0.4) is 0 Å². The van der Waals surface area contributed by atoms with E-state index in [1.807, 2.05) is 0 Å². The van der Waals surface area contributed by atoms with Crippen molar-refractivity contribution < 1.29 is 22.7 Å². The molecule has 0 spiro atoms. The highest BCUT2D eigenvalue weighted by molar-refractivity contribution is 7.89. The zero-order valence-corrected chi connectivity index (χ0v) is 14.6. The largest absolute Gasteiger partial charge is 0.483 e. The SMILES string of the molecule is CN(C)S(=O)(=O)c1ccc(NC(=O)COc2ccccc2C=O)cc1. The average molecular weight is 362 g/mol. The molecule has 0 aliphatic carbocycles. The number of aldehydes is 1. The average Bonchev–Trinajstić information content (AvgIpc) is 2.60. The lowest BCUT2D eigenvalue weighted by Crippen LogP contribution is -2.22. The normalized spacial score (nSPS) is 11.2. The Morgan fingerprint density at radius 1 is 1.12 bits per heavy atom. The Hall–Kier alpha value is -2.71. The fraction of sp³-hybridized carbons (Fsp3) is 0.176. The Labute approximate surface area is 146 Å². The van der Waals surface area contributed by atoms with Gasteiger partial charge < -0.3 is 10.1 Å². The van der Waals surface area contributed by atoms with E-state index in [0.717, 1.165) is 4.31 Å². The molecule has 0 atom stereocenters. The van der Waals surface area contributed by atoms with Crippen molar-refractivity contribution in [3.8, 4) is 5.75 Å². The van der Waals surface area contributed by atoms with Gasteiger partial charge in [0.1, 0.15) is 5.75 Å². The van der Waals surface area contributed by atoms with Gasteiger partial charge in [-0.1, -0.05) is 12.1 Å². The Kier molecular flexibility index (Phi) is 5.89. The lowest BCUT2D eigenvalue weighted by Gasteiger charge is -2.12. The second-order valence-electron chi connectivity index (χ2n) is 5.30. The van der Waals surface area contributed by atoms with E-state index in [4.69, 9.17) is 4.74 Å². The standard InChI is InChI=1S/C17H18N2O5S/c1-19(2)25(22,23)15-9-7-14(8-10-15)18-17(21)12-24-16-6-4-3-5-13(16)11-20/h3-11H,12H2,1-2H3,(H,18,21). The maximum Gasteiger partial charge on any atom is 0.262 e. The summed E-state index contributed by atoms with van der Waals surface area (Å²) in [5.74, 6) is -0.107. The van der Waals surface area contributed by atoms with Gasteiger partial charge in [-0.15, -0.1) is 0 Å². The maximum absolute atomic E-state index is 12.0. The number of amides is 1. The Morgan fingerprint density at radius 3 is 2.36 bits per heavy atom. The topological polar surface area (TPSA) is 92.8 Å². The number of nitrogens with zero attached hydrogens (tertiary/aromatic N) is 1. The van der Waals surface area contributed by atoms with Crippen LogP contribution in [0.25, 0.3) is 0 Å². The molecule has 0 aliphatic heterocycles. The Morgan fingerprint density at radius 2 is 1.76 bits per heavy atom. The van der Waals surface area contributed by atoms with Crippen LogP contribution in [-0.4, -0.2) is 45.6 Å². The smallest absolute Gasteiger partial charge is 0.262 e. The predicted octanol–water partition coefficient (Wildman–Crippen LogP) is 1.77. The molecule has 0 radical (unpaired) electrons. The molecular formula is C17H18N2O5S. The highest BCUT2D eigenvalue weighted by atomic mass is 32.2. The second-order valence-corrected chi connectivity index (χ2v) is 7.46. The third-order valence-corrected chi connectivity index (χ3v) is 5.15. The number of carbonyl (C=O) groups is 2. The van der Waals surface area contributed by atoms with Crippen molar-refractivity contribution in [2.45, 2.75) is 4.90 Å². The van der Waals surface area contributed by atoms with Gasteiger partial charge >= 0.3 is 0 Å². The summed E-state index contributed by atoms with van der Waals surface area (Å²) in [6.45, 7) is -0.275. The molecule has 0 aliphatic rings. The van der Waals surface area contributed by atoms with Crippen molar-refractivity contribution in [3.63, 3.8) is 0 Å². The summed E-state index contributed by atoms with van der Waals surface area (Å²) in [7, 11) is -0.625. The molecule has 0 saturated carbocycles. The third kappa shape index (κ3) is 4.65. The van der Waals surface area contributed by atoms with Gasteiger partial charge in [-0.2, -0.15) is 0 Å². The van der Waals surface area contributed by atoms with Crippen LogP contribution in [0.4, 0.5) is 5.69 Å². The van der Waals surface area contributed by atoms with E-state index in [1.165, 1.54) is 38.4 Å². The van der Waals surface area contributed by atoms with Crippen LogP contribution in [0.1, 0.15) is 10.4 Å². The first-order chi connectivity index (χ1) is 11.8. The van der Waals surface area contributed by atoms with E-state index >= 15 is 0 Å². The molecule has 132 valence electrons. The van der Waals surface area contributed by atoms with Crippen LogP contribution in [0, 0.1) is 0 Å². The van der Waals surface area contributed by atoms with Crippen molar-refractivity contribution in [2.75, 3.05) is 26.0 Å². The van der Waals surface area contributed by atoms with Gasteiger partial charge in [-0.3, -0.25) is 9.59 Å². The number of sulfonamides is 1. The second kappa shape index (κ2) is 7.91. The van der Waals surface area contributed by atoms with Crippen LogP contribution in [0.15, 0.2) is 53.4 Å². The molecule has 0 unspecified atom stereocenters. The molecule has 8 heteroatoms. The van der Waals surface area contributed by atoms with E-state index in [9.17, 15) is 18.0 Å². The molecule has 2 rings (SSSR count). The summed E-state index contributed by atoms with van der Waals surface area (Å²) in [5.41, 5.74) is 0.795. The molecule has 0 saturated heterocycles. The van der Waals surface area contributed by atoms with Crippen LogP contribution in [-0.2, 0) is 14.8 Å². The lowest BCUT2D eigenvalue weighted by molar-refractivity contribution is -0.118. The monoisotopic (exact) mass is 362 g/mol. The third-order valence-electron chi connectivity index (χ3n) is 3.32. The molecule has 0 heterocycles. The zero-order chi connectivity index (χ0) is 18.4. The lowest BCUT2D eigenvalue weighted by atomic mass is 10.2. The molecule has 2 aromatic rings. The number of rotatable bonds is 7. The summed E-state index contributed by atoms with van der Waals surface area (Å²) in [6.07, 6.45) is 0.650. The minimum atomic E-state index is -3.51. The quantitative estimate of drug-likeness (QED) is 0.758. The molecule has 1 amide bonds. The molecule has 0 aromatic heterocycles. The highest BCUT2D eigenvalue weighted by Crippen LogP contribution is 2.17. The molecule has 25 heavy (non-hydrogen) atoms. The van der Waals surface area contributed by atoms with Crippen LogP contribution in [0.5, 0.6) is 5.75 Å². The number of para-hydroxylation sites is 1. The van der Waals surface area contributed by atoms with E-state index < -0.39 is 15.9 Å². The van der Waals surface area contributed by atoms with E-state index in [0.29, 0.717) is 23.3 Å². The summed E-state index contributed by atoms with van der Waals surface area (Å²) >= 11 is 0. The molecule has 7 nitrogen and oxygen atoms in total. The Balaban J connectivity index is 1.98. The Bertz CT molecular complexity index is 861. The highest BCUT2D eigenvalue weighted by Gasteiger charge is 2.16. The first kappa shape index (κ1) is 18.6. The van der Waals surface area contributed by atoms with Crippen molar-refractivity contribution >= 4 is 27.9 Å². The minimum Gasteiger partial charge on any atom is -0.483 e. The van der Waals surface area contributed by atoms with Crippen LogP contribution < -0.4 is 10.1 Å². The summed E-state index contributed by atoms with van der Waals surface area (Å²) in [6, 6.07) is 12.4. The fourth-order valence-electron chi connectivity index (χ4n) is 1.97. The summed E-state index contributed by atoms with van der Waals surface area (Å²) < 4.78 is 30.4. The van der Waals surface area contributed by atoms with Gasteiger partial charge in [0.15, 0.2) is 12.9 Å². The van der Waals surface area contributed by atoms with Crippen molar-refractivity contribution in [1.82, 2.24) is 4.31 Å². The predicted molar refractivity (Wildman–Crippen MR) is 93.3 cm³/mol. The first-order valence-electron chi connectivity index (χ1n) is 7.34. The number of carbonyl (C=O) groups excluding carboxylic acids is 2. The van der Waals surface area contributed by atoms with Crippen LogP contribution in [0.2, 0.25) is 0 Å². The summed E-state index contributed by atoms with van der Waals surface area (Å²) in [4.78, 5) is 22.9. The van der Waals surface area contributed by atoms with Crippen LogP contribution >= 0.6 is 0 Å². The molecule has 1 N–H and O–H groups in total. The first-order valence-corrected chi connectivity index (χ1v) is 8.78. The van der Waals surface area contributed by atoms with Gasteiger partial charge in [0, 0.05) is 19.8 Å². The van der Waals surface area contributed by atoms with Gasteiger partial charge in [0.05, 0.1) is 10.5 Å². The molecule has 0 bridgehead atoms. The molecular weight excluding hydrogens is 344 g/mol. The maximum atomic E-state index is 12.0. The number of hydrogen-bond acceptors (Lipinski definition) is 5. The van der Waals surface area contributed by atoms with E-state index in [1.54, 1.807) is 24.3 Å². The number of nitrogens with one attached hydrogen (secondary N) is 1. The van der Waals surface area contributed by atoms with Crippen molar-refractivity contribution in [1.29, 1.82) is 0 Å². The number of anilines is 1. The number of benzene rings is 2. The van der Waals surface area contributed by atoms with Crippen molar-refractivity contribution in [3.05, 3.63) is 54.1 Å². The molecule has 2 aromatic carbocycles. The van der Waals surface area contributed by atoms with Gasteiger partial charge in [-0.25, -0.2) is 12.7 Å². The van der Waals surface area contributed by atoms with E-state index in [-0.39, 0.29) is 11.5 Å². The van der Waals surface area contributed by atoms with Gasteiger partial charge in [0.2, 0.25) is 10.0 Å².